The van der Waals surface area contributed by atoms with Crippen molar-refractivity contribution in [3.8, 4) is 11.5 Å². The minimum atomic E-state index is -0.619. The molecule has 0 spiro atoms. The molecule has 0 aromatic heterocycles. The van der Waals surface area contributed by atoms with Gasteiger partial charge in [-0.1, -0.05) is 58.0 Å². The molecule has 1 aliphatic carbocycles. The zero-order valence-electron chi connectivity index (χ0n) is 47.0. The smallest absolute Gasteiger partial charge is 0.333 e. The Balaban J connectivity index is 0.892. The molecule has 1 unspecified atom stereocenters. The van der Waals surface area contributed by atoms with Gasteiger partial charge in [0.1, 0.15) is 18.5 Å². The topological polar surface area (TPSA) is 197 Å². The summed E-state index contributed by atoms with van der Waals surface area (Å²) in [6.07, 6.45) is 5.50. The number of hydroxylamine groups is 2. The van der Waals surface area contributed by atoms with E-state index in [1.54, 1.807) is 55.1 Å². The summed E-state index contributed by atoms with van der Waals surface area (Å²) >= 11 is 0. The molecule has 434 valence electrons. The lowest BCUT2D eigenvalue weighted by molar-refractivity contribution is -0.197. The Labute approximate surface area is 485 Å². The Morgan fingerprint density at radius 1 is 0.780 bits per heavy atom. The molecule has 82 heavy (non-hydrogen) atoms. The van der Waals surface area contributed by atoms with Crippen molar-refractivity contribution in [2.24, 2.45) is 4.99 Å². The largest absolute Gasteiger partial charge is 0.498 e. The molecule has 1 fully saturated rings. The third kappa shape index (κ3) is 13.5. The molecule has 1 N–H and O–H groups in total. The molecule has 1 saturated heterocycles. The molecule has 4 aromatic carbocycles. The zero-order chi connectivity index (χ0) is 57.3. The predicted octanol–water partition coefficient (Wildman–Crippen LogP) is 8.42. The summed E-state index contributed by atoms with van der Waals surface area (Å²) in [6.45, 7) is 8.45. The van der Waals surface area contributed by atoms with Gasteiger partial charge in [-0.2, -0.15) is 0 Å². The van der Waals surface area contributed by atoms with E-state index in [9.17, 15) is 24.0 Å². The highest BCUT2D eigenvalue weighted by Crippen LogP contribution is 2.43. The molecule has 21 heteroatoms. The van der Waals surface area contributed by atoms with E-state index < -0.39 is 23.9 Å². The third-order valence-electron chi connectivity index (χ3n) is 15.0. The van der Waals surface area contributed by atoms with Crippen LogP contribution < -0.4 is 29.5 Å². The van der Waals surface area contributed by atoms with E-state index in [1.165, 1.54) is 0 Å². The van der Waals surface area contributed by atoms with Crippen LogP contribution in [0.25, 0.3) is 0 Å². The van der Waals surface area contributed by atoms with Crippen LogP contribution in [0.4, 0.5) is 22.7 Å². The highest BCUT2D eigenvalue weighted by atomic mass is 33.1. The van der Waals surface area contributed by atoms with Crippen molar-refractivity contribution in [1.29, 1.82) is 0 Å². The molecule has 4 aromatic rings. The Bertz CT molecular complexity index is 3130. The van der Waals surface area contributed by atoms with Gasteiger partial charge < -0.3 is 53.1 Å². The molecule has 6 aliphatic rings. The molecule has 5 aliphatic heterocycles. The number of nitrogens with one attached hydrogen (secondary N) is 1. The summed E-state index contributed by atoms with van der Waals surface area (Å²) in [6, 6.07) is 25.6. The molecule has 4 amide bonds. The van der Waals surface area contributed by atoms with Crippen molar-refractivity contribution in [1.82, 2.24) is 5.06 Å². The van der Waals surface area contributed by atoms with Gasteiger partial charge in [-0.25, -0.2) is 4.79 Å². The number of rotatable bonds is 27. The lowest BCUT2D eigenvalue weighted by Crippen LogP contribution is -2.39. The lowest BCUT2D eigenvalue weighted by atomic mass is 9.98. The standard InChI is InChI=1S/C61H70N6O13S2/c1-61(2,82-81-24-10-15-58(70)80-67-56(68)16-17-57(67)69)38-64(18-19-76-22-23-77-21-20-73-3)43-26-39(36-78-54-32-48-46(30-52(54)74-4)59(71)65-44(34-62-48)28-41-11-6-8-13-50(41)65)25-40(27-43)37-79-55-33-49-47(31-53(55)75-5)60(72)66-45(35-63-49)29-42-12-7-9-14-51(42)66/h6-9,11-14,25-27,30-32,35,44-45,55,62H,10,15-24,28-29,33-34,36-38H2,1-5H3/t44-,45-,55?/m0/s1. The van der Waals surface area contributed by atoms with Crippen LogP contribution in [0.1, 0.15) is 78.6 Å². The molecule has 0 radical (unpaired) electrons. The van der Waals surface area contributed by atoms with Gasteiger partial charge in [0.25, 0.3) is 23.6 Å². The molecular formula is C61H70N6O13S2. The second-order valence-corrected chi connectivity index (χ2v) is 24.4. The number of hydrogen-bond acceptors (Lipinski definition) is 18. The Hall–Kier alpha value is -6.88. The fourth-order valence-corrected chi connectivity index (χ4v) is 13.6. The number of benzene rings is 4. The van der Waals surface area contributed by atoms with Crippen LogP contribution in [0, 0.1) is 0 Å². The summed E-state index contributed by atoms with van der Waals surface area (Å²) in [4.78, 5) is 81.1. The monoisotopic (exact) mass is 1160 g/mol. The number of methoxy groups -OCH3 is 3. The summed E-state index contributed by atoms with van der Waals surface area (Å²) in [7, 11) is 8.12. The summed E-state index contributed by atoms with van der Waals surface area (Å²) in [5, 5.41) is 4.13. The molecular weight excluding hydrogens is 1090 g/mol. The number of carbonyl (C=O) groups is 5. The van der Waals surface area contributed by atoms with E-state index >= 15 is 0 Å². The minimum absolute atomic E-state index is 0.0401. The average Bonchev–Trinajstić information content (AvgIpc) is 3.00. The number of ether oxygens (including phenoxy) is 7. The van der Waals surface area contributed by atoms with E-state index in [0.717, 1.165) is 45.7 Å². The maximum atomic E-state index is 14.3. The fraction of sp³-hybridized carbons (Fsp3) is 0.443. The van der Waals surface area contributed by atoms with Gasteiger partial charge >= 0.3 is 5.97 Å². The molecule has 19 nitrogen and oxygen atoms in total. The number of hydrogen-bond donors (Lipinski definition) is 1. The van der Waals surface area contributed by atoms with Crippen LogP contribution in [0.3, 0.4) is 0 Å². The number of imide groups is 1. The first kappa shape index (κ1) is 58.3. The van der Waals surface area contributed by atoms with Gasteiger partial charge in [-0.05, 0) is 91.4 Å². The van der Waals surface area contributed by atoms with Crippen LogP contribution in [0.2, 0.25) is 0 Å². The molecule has 3 atom stereocenters. The summed E-state index contributed by atoms with van der Waals surface area (Å²) < 4.78 is 42.0. The van der Waals surface area contributed by atoms with Crippen LogP contribution in [0.5, 0.6) is 11.5 Å². The van der Waals surface area contributed by atoms with E-state index in [4.69, 9.17) is 43.0 Å². The minimum Gasteiger partial charge on any atom is -0.498 e. The summed E-state index contributed by atoms with van der Waals surface area (Å²) in [5.74, 6) is 0.184. The number of para-hydroxylation sites is 2. The Morgan fingerprint density at radius 2 is 1.49 bits per heavy atom. The second kappa shape index (κ2) is 26.6. The lowest BCUT2D eigenvalue weighted by Gasteiger charge is -2.34. The van der Waals surface area contributed by atoms with Crippen molar-refractivity contribution in [3.05, 3.63) is 130 Å². The predicted molar refractivity (Wildman–Crippen MR) is 314 cm³/mol. The van der Waals surface area contributed by atoms with Crippen molar-refractivity contribution in [2.45, 2.75) is 94.9 Å². The van der Waals surface area contributed by atoms with Gasteiger partial charge in [0.15, 0.2) is 11.5 Å². The van der Waals surface area contributed by atoms with Gasteiger partial charge in [0.05, 0.1) is 88.5 Å². The van der Waals surface area contributed by atoms with Gasteiger partial charge in [0, 0.05) is 98.7 Å². The van der Waals surface area contributed by atoms with Crippen molar-refractivity contribution >= 4 is 80.1 Å². The maximum absolute atomic E-state index is 14.3. The highest BCUT2D eigenvalue weighted by molar-refractivity contribution is 8.77. The van der Waals surface area contributed by atoms with E-state index in [1.807, 2.05) is 58.5 Å². The quantitative estimate of drug-likeness (QED) is 0.0339. The average molecular weight is 1160 g/mol. The van der Waals surface area contributed by atoms with Crippen molar-refractivity contribution < 1.29 is 62.0 Å². The molecule has 10 rings (SSSR count). The number of anilines is 4. The first-order valence-corrected chi connectivity index (χ1v) is 30.1. The van der Waals surface area contributed by atoms with Crippen LogP contribution in [0.15, 0.2) is 107 Å². The molecule has 5 heterocycles. The number of carbonyl (C=O) groups excluding carboxylic acids is 5. The van der Waals surface area contributed by atoms with Crippen molar-refractivity contribution in [2.75, 3.05) is 99.8 Å². The van der Waals surface area contributed by atoms with Crippen LogP contribution >= 0.6 is 21.6 Å². The second-order valence-electron chi connectivity index (χ2n) is 21.3. The van der Waals surface area contributed by atoms with Crippen LogP contribution in [-0.2, 0) is 73.8 Å². The SMILES string of the molecule is COCCOCCOCCN(CC(C)(C)SSCCCC(=O)ON1C(=O)CCC1=O)c1cc(COc2cc3c(cc2OC)C(=O)N2c4ccccc4C[C@H]2CN3)cc(COC2CC3=C(C=C2OC)C(=O)N2c4ccccc4C[C@H]2C=N3)c1. The number of fused-ring (bicyclic) bond motifs is 7. The normalized spacial score (nSPS) is 18.9. The molecule has 0 saturated carbocycles. The number of aliphatic imine (C=N–C) groups is 1. The Kier molecular flexibility index (Phi) is 18.9. The van der Waals surface area contributed by atoms with Gasteiger partial charge in [0.2, 0.25) is 0 Å². The van der Waals surface area contributed by atoms with E-state index in [2.05, 4.69) is 54.4 Å². The number of amides is 4. The van der Waals surface area contributed by atoms with Gasteiger partial charge in [-0.15, -0.1) is 5.06 Å². The van der Waals surface area contributed by atoms with E-state index in [-0.39, 0.29) is 61.1 Å². The highest BCUT2D eigenvalue weighted by Gasteiger charge is 2.41. The summed E-state index contributed by atoms with van der Waals surface area (Å²) in [5.41, 5.74) is 8.94. The fourth-order valence-electron chi connectivity index (χ4n) is 11.0. The zero-order valence-corrected chi connectivity index (χ0v) is 48.6. The number of nitrogens with zero attached hydrogens (tertiary/aromatic N) is 5. The van der Waals surface area contributed by atoms with Gasteiger partial charge in [-0.3, -0.25) is 29.1 Å². The maximum Gasteiger partial charge on any atom is 0.333 e. The van der Waals surface area contributed by atoms with E-state index in [0.29, 0.717) is 123 Å². The van der Waals surface area contributed by atoms with Crippen molar-refractivity contribution in [3.63, 3.8) is 0 Å². The third-order valence-corrected chi connectivity index (χ3v) is 18.3. The first-order chi connectivity index (χ1) is 39.8. The Morgan fingerprint density at radius 3 is 2.23 bits per heavy atom. The molecule has 0 bridgehead atoms. The first-order valence-electron chi connectivity index (χ1n) is 27.8. The van der Waals surface area contributed by atoms with Crippen LogP contribution in [-0.4, -0.2) is 144 Å².